The fourth-order valence-corrected chi connectivity index (χ4v) is 6.12. The zero-order valence-electron chi connectivity index (χ0n) is 18.9. The van der Waals surface area contributed by atoms with Crippen LogP contribution in [0.25, 0.3) is 10.9 Å². The third kappa shape index (κ3) is 4.13. The van der Waals surface area contributed by atoms with Gasteiger partial charge in [0, 0.05) is 53.5 Å². The summed E-state index contributed by atoms with van der Waals surface area (Å²) >= 11 is 0. The quantitative estimate of drug-likeness (QED) is 0.467. The number of hydrogen-bond donors (Lipinski definition) is 4. The van der Waals surface area contributed by atoms with Gasteiger partial charge in [0.25, 0.3) is 0 Å². The molecule has 4 atom stereocenters. The molecule has 2 bridgehead atoms. The third-order valence-corrected chi connectivity index (χ3v) is 7.71. The van der Waals surface area contributed by atoms with E-state index in [4.69, 9.17) is 10.2 Å². The van der Waals surface area contributed by atoms with E-state index in [9.17, 15) is 0 Å². The Bertz CT molecular complexity index is 1180. The van der Waals surface area contributed by atoms with Gasteiger partial charge in [0.15, 0.2) is 5.82 Å². The number of anilines is 3. The molecule has 8 heteroatoms. The van der Waals surface area contributed by atoms with Gasteiger partial charge in [-0.1, -0.05) is 0 Å². The van der Waals surface area contributed by atoms with Crippen LogP contribution < -0.4 is 16.0 Å². The number of nitriles is 1. The molecular weight excluding hydrogens is 412 g/mol. The van der Waals surface area contributed by atoms with Crippen molar-refractivity contribution >= 4 is 28.4 Å². The average Bonchev–Trinajstić information content (AvgIpc) is 3.17. The maximum absolute atomic E-state index is 9.13. The summed E-state index contributed by atoms with van der Waals surface area (Å²) in [5.41, 5.74) is 1.91. The molecule has 3 aromatic heterocycles. The second kappa shape index (κ2) is 8.31. The largest absolute Gasteiger partial charge is 0.367 e. The number of rotatable bonds is 5. The smallest absolute Gasteiger partial charge is 0.153 e. The number of aromatic amines is 1. The number of H-pyrrole nitrogens is 1. The predicted octanol–water partition coefficient (Wildman–Crippen LogP) is 4.27. The molecule has 0 spiro atoms. The van der Waals surface area contributed by atoms with Gasteiger partial charge in [-0.15, -0.1) is 0 Å². The number of piperidine rings is 2. The Kier molecular flexibility index (Phi) is 5.14. The summed E-state index contributed by atoms with van der Waals surface area (Å²) in [6, 6.07) is 11.9. The van der Waals surface area contributed by atoms with Gasteiger partial charge >= 0.3 is 0 Å². The van der Waals surface area contributed by atoms with Crippen LogP contribution in [-0.2, 0) is 0 Å². The molecule has 2 saturated heterocycles. The fraction of sp³-hybridized carbons (Fsp3) is 0.520. The standard InChI is InChI=1S/C25H30N8/c1-14-5-24(33-32-14)30-23-12-22-21(3-2-4-27-22)25(31-23)29-20-10-18-8-17(9-19(11-20)28-18)16-6-15(7-16)13-26/h2-5,12,15-20,28H,6-11H2,1H3,(H3,29,30,31,32,33)/t15-,16+,17?,18-,19?,20-/m0/s1. The van der Waals surface area contributed by atoms with Crippen molar-refractivity contribution in [3.63, 3.8) is 0 Å². The van der Waals surface area contributed by atoms with Crippen molar-refractivity contribution in [2.24, 2.45) is 17.8 Å². The van der Waals surface area contributed by atoms with E-state index in [2.05, 4.69) is 43.3 Å². The van der Waals surface area contributed by atoms with Crippen LogP contribution in [0.3, 0.4) is 0 Å². The summed E-state index contributed by atoms with van der Waals surface area (Å²) in [7, 11) is 0. The Morgan fingerprint density at radius 1 is 1.03 bits per heavy atom. The van der Waals surface area contributed by atoms with Gasteiger partial charge in [-0.05, 0) is 69.4 Å². The second-order valence-electron chi connectivity index (χ2n) is 10.1. The molecule has 8 nitrogen and oxygen atoms in total. The molecule has 2 aliphatic heterocycles. The second-order valence-corrected chi connectivity index (χ2v) is 10.1. The van der Waals surface area contributed by atoms with Gasteiger partial charge < -0.3 is 16.0 Å². The highest BCUT2D eigenvalue weighted by molar-refractivity contribution is 5.91. The van der Waals surface area contributed by atoms with Crippen LogP contribution in [0, 0.1) is 36.0 Å². The number of nitrogens with one attached hydrogen (secondary N) is 4. The molecular formula is C25H30N8. The molecule has 0 aromatic carbocycles. The number of hydrogen-bond acceptors (Lipinski definition) is 7. The van der Waals surface area contributed by atoms with Crippen molar-refractivity contribution in [3.8, 4) is 6.07 Å². The normalized spacial score (nSPS) is 30.9. The zero-order valence-corrected chi connectivity index (χ0v) is 18.9. The molecule has 33 heavy (non-hydrogen) atoms. The van der Waals surface area contributed by atoms with Crippen molar-refractivity contribution in [2.75, 3.05) is 10.6 Å². The first kappa shape index (κ1) is 20.4. The Labute approximate surface area is 193 Å². The van der Waals surface area contributed by atoms with Gasteiger partial charge in [-0.3, -0.25) is 10.1 Å². The van der Waals surface area contributed by atoms with E-state index >= 15 is 0 Å². The molecule has 6 rings (SSSR count). The first-order valence-corrected chi connectivity index (χ1v) is 12.1. The van der Waals surface area contributed by atoms with E-state index in [1.165, 1.54) is 12.8 Å². The summed E-state index contributed by atoms with van der Waals surface area (Å²) in [5.74, 6) is 4.21. The maximum atomic E-state index is 9.13. The van der Waals surface area contributed by atoms with Gasteiger partial charge in [0.1, 0.15) is 11.6 Å². The van der Waals surface area contributed by atoms with Gasteiger partial charge in [0.05, 0.1) is 11.6 Å². The molecule has 5 heterocycles. The lowest BCUT2D eigenvalue weighted by atomic mass is 9.63. The number of nitrogens with zero attached hydrogens (tertiary/aromatic N) is 4. The van der Waals surface area contributed by atoms with Crippen LogP contribution in [0.4, 0.5) is 17.5 Å². The van der Waals surface area contributed by atoms with E-state index in [1.807, 2.05) is 31.3 Å². The van der Waals surface area contributed by atoms with E-state index in [0.717, 1.165) is 71.6 Å². The molecule has 2 unspecified atom stereocenters. The number of fused-ring (bicyclic) bond motifs is 3. The summed E-state index contributed by atoms with van der Waals surface area (Å²) in [4.78, 5) is 9.48. The van der Waals surface area contributed by atoms with Crippen molar-refractivity contribution in [2.45, 2.75) is 63.6 Å². The maximum Gasteiger partial charge on any atom is 0.153 e. The zero-order chi connectivity index (χ0) is 22.4. The summed E-state index contributed by atoms with van der Waals surface area (Å²) in [5, 5.41) is 28.3. The Morgan fingerprint density at radius 3 is 2.55 bits per heavy atom. The monoisotopic (exact) mass is 442 g/mol. The molecule has 3 fully saturated rings. The van der Waals surface area contributed by atoms with Crippen molar-refractivity contribution < 1.29 is 0 Å². The average molecular weight is 443 g/mol. The van der Waals surface area contributed by atoms with E-state index < -0.39 is 0 Å². The van der Waals surface area contributed by atoms with Crippen LogP contribution in [0.2, 0.25) is 0 Å². The number of aromatic nitrogens is 4. The SMILES string of the molecule is Cc1cc(Nc2cc3ncccc3c(N[C@@H]3CC4CC([C@H]5C[C@@H](C#N)C5)C[C@@H](C3)N4)n2)n[nH]1. The van der Waals surface area contributed by atoms with Gasteiger partial charge in [-0.25, -0.2) is 4.98 Å². The molecule has 3 aromatic rings. The Balaban J connectivity index is 1.18. The minimum atomic E-state index is 0.304. The summed E-state index contributed by atoms with van der Waals surface area (Å²) < 4.78 is 0. The van der Waals surface area contributed by atoms with Crippen LogP contribution in [-0.4, -0.2) is 38.3 Å². The predicted molar refractivity (Wildman–Crippen MR) is 128 cm³/mol. The van der Waals surface area contributed by atoms with Crippen LogP contribution >= 0.6 is 0 Å². The Hall–Kier alpha value is -3.18. The molecule has 170 valence electrons. The number of aryl methyl sites for hydroxylation is 1. The third-order valence-electron chi connectivity index (χ3n) is 7.71. The van der Waals surface area contributed by atoms with E-state index in [1.54, 1.807) is 0 Å². The topological polar surface area (TPSA) is 114 Å². The highest BCUT2D eigenvalue weighted by Crippen LogP contribution is 2.45. The minimum absolute atomic E-state index is 0.304. The lowest BCUT2D eigenvalue weighted by Crippen LogP contribution is -2.55. The molecule has 0 amide bonds. The van der Waals surface area contributed by atoms with Crippen molar-refractivity contribution in [1.82, 2.24) is 25.5 Å². The van der Waals surface area contributed by atoms with Crippen LogP contribution in [0.5, 0.6) is 0 Å². The summed E-state index contributed by atoms with van der Waals surface area (Å²) in [6.45, 7) is 1.98. The summed E-state index contributed by atoms with van der Waals surface area (Å²) in [6.07, 6.45) is 8.70. The van der Waals surface area contributed by atoms with Crippen LogP contribution in [0.15, 0.2) is 30.5 Å². The Morgan fingerprint density at radius 2 is 1.82 bits per heavy atom. The van der Waals surface area contributed by atoms with Crippen LogP contribution in [0.1, 0.15) is 44.2 Å². The highest BCUT2D eigenvalue weighted by Gasteiger charge is 2.42. The van der Waals surface area contributed by atoms with Gasteiger partial charge in [-0.2, -0.15) is 10.4 Å². The number of pyridine rings is 2. The fourth-order valence-electron chi connectivity index (χ4n) is 6.12. The molecule has 0 radical (unpaired) electrons. The van der Waals surface area contributed by atoms with Gasteiger partial charge in [0.2, 0.25) is 0 Å². The van der Waals surface area contributed by atoms with E-state index in [0.29, 0.717) is 24.0 Å². The van der Waals surface area contributed by atoms with Crippen molar-refractivity contribution in [1.29, 1.82) is 5.26 Å². The lowest BCUT2D eigenvalue weighted by Gasteiger charge is -2.48. The van der Waals surface area contributed by atoms with E-state index in [-0.39, 0.29) is 0 Å². The molecule has 1 aliphatic carbocycles. The highest BCUT2D eigenvalue weighted by atomic mass is 15.2. The lowest BCUT2D eigenvalue weighted by molar-refractivity contribution is 0.0770. The molecule has 4 N–H and O–H groups in total. The molecule has 1 saturated carbocycles. The van der Waals surface area contributed by atoms with Crippen molar-refractivity contribution in [3.05, 3.63) is 36.2 Å². The minimum Gasteiger partial charge on any atom is -0.367 e. The molecule has 3 aliphatic rings. The first-order chi connectivity index (χ1) is 16.1. The first-order valence-electron chi connectivity index (χ1n) is 12.1.